The Labute approximate surface area is 110 Å². The Morgan fingerprint density at radius 1 is 1.22 bits per heavy atom. The summed E-state index contributed by atoms with van der Waals surface area (Å²) < 4.78 is 2.01. The minimum Gasteiger partial charge on any atom is -0.311 e. The molecule has 0 aliphatic heterocycles. The van der Waals surface area contributed by atoms with Gasteiger partial charge in [0, 0.05) is 0 Å². The van der Waals surface area contributed by atoms with Gasteiger partial charge in [-0.1, -0.05) is 41.4 Å². The van der Waals surface area contributed by atoms with Gasteiger partial charge < -0.3 is 4.57 Å². The molecule has 0 amide bonds. The second-order valence-electron chi connectivity index (χ2n) is 4.34. The molecule has 0 aliphatic carbocycles. The third-order valence-electron chi connectivity index (χ3n) is 2.86. The van der Waals surface area contributed by atoms with Gasteiger partial charge in [-0.3, -0.25) is 0 Å². The van der Waals surface area contributed by atoms with Crippen molar-refractivity contribution in [3.63, 3.8) is 0 Å². The van der Waals surface area contributed by atoms with E-state index in [0.29, 0.717) is 5.15 Å². The van der Waals surface area contributed by atoms with E-state index in [1.54, 1.807) is 12.4 Å². The van der Waals surface area contributed by atoms with Crippen molar-refractivity contribution in [3.05, 3.63) is 59.0 Å². The molecule has 0 saturated heterocycles. The lowest BCUT2D eigenvalue weighted by Crippen LogP contribution is -1.99. The molecular weight excluding hydrogens is 246 g/mol. The van der Waals surface area contributed by atoms with Gasteiger partial charge in [0.1, 0.15) is 10.7 Å². The predicted molar refractivity (Wildman–Crippen MR) is 72.8 cm³/mol. The Kier molecular flexibility index (Phi) is 2.76. The van der Waals surface area contributed by atoms with Gasteiger partial charge in [0.05, 0.1) is 12.9 Å². The molecule has 3 aromatic rings. The first-order valence-corrected chi connectivity index (χ1v) is 6.13. The topological polar surface area (TPSA) is 30.7 Å². The van der Waals surface area contributed by atoms with Crippen LogP contribution in [0.5, 0.6) is 0 Å². The van der Waals surface area contributed by atoms with Crippen LogP contribution in [0.25, 0.3) is 11.2 Å². The molecule has 2 heterocycles. The molecule has 90 valence electrons. The molecule has 3 rings (SSSR count). The average Bonchev–Trinajstić information content (AvgIpc) is 2.72. The Hall–Kier alpha value is -1.87. The first-order chi connectivity index (χ1) is 8.72. The van der Waals surface area contributed by atoms with Crippen molar-refractivity contribution < 1.29 is 0 Å². The third-order valence-corrected chi connectivity index (χ3v) is 3.07. The van der Waals surface area contributed by atoms with Crippen LogP contribution in [-0.2, 0) is 6.54 Å². The van der Waals surface area contributed by atoms with Gasteiger partial charge >= 0.3 is 0 Å². The lowest BCUT2D eigenvalue weighted by atomic mass is 10.1. The standard InChI is InChI=1S/C14H12ClN3/c1-10-3-2-4-11(7-10)8-18-9-16-12-5-6-13(15)17-14(12)18/h2-7,9H,8H2,1H3. The zero-order valence-electron chi connectivity index (χ0n) is 9.97. The van der Waals surface area contributed by atoms with Crippen molar-refractivity contribution in [3.8, 4) is 0 Å². The summed E-state index contributed by atoms with van der Waals surface area (Å²) in [5, 5.41) is 0.494. The maximum atomic E-state index is 5.92. The fraction of sp³-hybridized carbons (Fsp3) is 0.143. The summed E-state index contributed by atoms with van der Waals surface area (Å²) in [5.41, 5.74) is 4.18. The van der Waals surface area contributed by atoms with Crippen LogP contribution >= 0.6 is 11.6 Å². The van der Waals surface area contributed by atoms with Crippen LogP contribution in [0.3, 0.4) is 0 Å². The van der Waals surface area contributed by atoms with Crippen LogP contribution in [0.1, 0.15) is 11.1 Å². The summed E-state index contributed by atoms with van der Waals surface area (Å²) in [4.78, 5) is 8.64. The monoisotopic (exact) mass is 257 g/mol. The number of imidazole rings is 1. The minimum atomic E-state index is 0.494. The number of aryl methyl sites for hydroxylation is 1. The van der Waals surface area contributed by atoms with Crippen LogP contribution in [0, 0.1) is 6.92 Å². The Balaban J connectivity index is 2.02. The summed E-state index contributed by atoms with van der Waals surface area (Å²) >= 11 is 5.92. The van der Waals surface area contributed by atoms with E-state index in [4.69, 9.17) is 11.6 Å². The summed E-state index contributed by atoms with van der Waals surface area (Å²) in [5.74, 6) is 0. The molecule has 0 fully saturated rings. The zero-order valence-corrected chi connectivity index (χ0v) is 10.7. The van der Waals surface area contributed by atoms with Crippen molar-refractivity contribution in [1.29, 1.82) is 0 Å². The second-order valence-corrected chi connectivity index (χ2v) is 4.73. The SMILES string of the molecule is Cc1cccc(Cn2cnc3ccc(Cl)nc32)c1. The number of aromatic nitrogens is 3. The van der Waals surface area contributed by atoms with Gasteiger partial charge in [-0.15, -0.1) is 0 Å². The second kappa shape index (κ2) is 4.42. The van der Waals surface area contributed by atoms with Gasteiger partial charge in [0.2, 0.25) is 0 Å². The van der Waals surface area contributed by atoms with Crippen molar-refractivity contribution in [2.24, 2.45) is 0 Å². The minimum absolute atomic E-state index is 0.494. The molecule has 0 spiro atoms. The van der Waals surface area contributed by atoms with Gasteiger partial charge in [-0.2, -0.15) is 0 Å². The molecule has 0 unspecified atom stereocenters. The van der Waals surface area contributed by atoms with Gasteiger partial charge in [-0.05, 0) is 24.6 Å². The highest BCUT2D eigenvalue weighted by atomic mass is 35.5. The van der Waals surface area contributed by atoms with Crippen LogP contribution in [0.4, 0.5) is 0 Å². The molecular formula is C14H12ClN3. The Morgan fingerprint density at radius 2 is 2.11 bits per heavy atom. The molecule has 0 radical (unpaired) electrons. The molecule has 1 aromatic carbocycles. The van der Waals surface area contributed by atoms with E-state index < -0.39 is 0 Å². The van der Waals surface area contributed by atoms with Gasteiger partial charge in [0.25, 0.3) is 0 Å². The van der Waals surface area contributed by atoms with E-state index in [1.165, 1.54) is 11.1 Å². The molecule has 4 heteroatoms. The van der Waals surface area contributed by atoms with Crippen LogP contribution in [0.15, 0.2) is 42.7 Å². The highest BCUT2D eigenvalue weighted by molar-refractivity contribution is 6.29. The number of fused-ring (bicyclic) bond motifs is 1. The lowest BCUT2D eigenvalue weighted by Gasteiger charge is -2.05. The summed E-state index contributed by atoms with van der Waals surface area (Å²) in [6.07, 6.45) is 1.80. The van der Waals surface area contributed by atoms with Gasteiger partial charge in [0.15, 0.2) is 5.65 Å². The van der Waals surface area contributed by atoms with E-state index in [9.17, 15) is 0 Å². The van der Waals surface area contributed by atoms with Gasteiger partial charge in [-0.25, -0.2) is 9.97 Å². The number of nitrogens with zero attached hydrogens (tertiary/aromatic N) is 3. The average molecular weight is 258 g/mol. The number of hydrogen-bond acceptors (Lipinski definition) is 2. The van der Waals surface area contributed by atoms with E-state index >= 15 is 0 Å². The summed E-state index contributed by atoms with van der Waals surface area (Å²) in [6.45, 7) is 2.84. The van der Waals surface area contributed by atoms with Crippen molar-refractivity contribution >= 4 is 22.8 Å². The van der Waals surface area contributed by atoms with Crippen molar-refractivity contribution in [1.82, 2.24) is 14.5 Å². The zero-order chi connectivity index (χ0) is 12.5. The van der Waals surface area contributed by atoms with E-state index in [0.717, 1.165) is 17.7 Å². The van der Waals surface area contributed by atoms with Crippen LogP contribution in [-0.4, -0.2) is 14.5 Å². The largest absolute Gasteiger partial charge is 0.311 e. The molecule has 0 bridgehead atoms. The quantitative estimate of drug-likeness (QED) is 0.659. The number of benzene rings is 1. The number of hydrogen-bond donors (Lipinski definition) is 0. The molecule has 0 N–H and O–H groups in total. The van der Waals surface area contributed by atoms with Crippen molar-refractivity contribution in [2.75, 3.05) is 0 Å². The smallest absolute Gasteiger partial charge is 0.161 e. The number of halogens is 1. The molecule has 0 aliphatic rings. The normalized spacial score (nSPS) is 11.0. The maximum Gasteiger partial charge on any atom is 0.161 e. The molecule has 18 heavy (non-hydrogen) atoms. The molecule has 3 nitrogen and oxygen atoms in total. The maximum absolute atomic E-state index is 5.92. The Bertz CT molecular complexity index is 703. The molecule has 2 aromatic heterocycles. The van der Waals surface area contributed by atoms with E-state index in [1.807, 2.05) is 10.6 Å². The van der Waals surface area contributed by atoms with E-state index in [-0.39, 0.29) is 0 Å². The predicted octanol–water partition coefficient (Wildman–Crippen LogP) is 3.44. The Morgan fingerprint density at radius 3 is 2.94 bits per heavy atom. The number of pyridine rings is 1. The molecule has 0 saturated carbocycles. The first kappa shape index (κ1) is 11.2. The first-order valence-electron chi connectivity index (χ1n) is 5.75. The van der Waals surface area contributed by atoms with Crippen LogP contribution in [0.2, 0.25) is 5.15 Å². The third kappa shape index (κ3) is 2.09. The summed E-state index contributed by atoms with van der Waals surface area (Å²) in [7, 11) is 0. The fourth-order valence-electron chi connectivity index (χ4n) is 2.04. The lowest BCUT2D eigenvalue weighted by molar-refractivity contribution is 0.813. The van der Waals surface area contributed by atoms with Crippen LogP contribution < -0.4 is 0 Å². The van der Waals surface area contributed by atoms with Crippen molar-refractivity contribution in [2.45, 2.75) is 13.5 Å². The fourth-order valence-corrected chi connectivity index (χ4v) is 2.18. The van der Waals surface area contributed by atoms with E-state index in [2.05, 4.69) is 41.2 Å². The molecule has 0 atom stereocenters. The highest BCUT2D eigenvalue weighted by Crippen LogP contribution is 2.16. The summed E-state index contributed by atoms with van der Waals surface area (Å²) in [6, 6.07) is 12.1. The highest BCUT2D eigenvalue weighted by Gasteiger charge is 2.05. The number of rotatable bonds is 2.